The maximum absolute atomic E-state index is 5.57. The van der Waals surface area contributed by atoms with Crippen LogP contribution in [0.2, 0.25) is 0 Å². The number of fused-ring (bicyclic) bond motifs is 4. The van der Waals surface area contributed by atoms with Crippen molar-refractivity contribution in [2.24, 2.45) is 0 Å². The Labute approximate surface area is 103 Å². The number of hydrogen-bond acceptors (Lipinski definition) is 2. The summed E-state index contributed by atoms with van der Waals surface area (Å²) in [5.74, 6) is 0.707. The Morgan fingerprint density at radius 1 is 1.11 bits per heavy atom. The molecule has 0 saturated carbocycles. The van der Waals surface area contributed by atoms with Gasteiger partial charge in [-0.2, -0.15) is 0 Å². The highest BCUT2D eigenvalue weighted by molar-refractivity contribution is 6.12. The molecule has 2 heterocycles. The van der Waals surface area contributed by atoms with Crippen molar-refractivity contribution in [3.05, 3.63) is 41.8 Å². The van der Waals surface area contributed by atoms with E-state index in [0.29, 0.717) is 5.89 Å². The van der Waals surface area contributed by atoms with Crippen molar-refractivity contribution in [3.8, 4) is 0 Å². The Morgan fingerprint density at radius 3 is 2.89 bits per heavy atom. The molecule has 0 atom stereocenters. The lowest BCUT2D eigenvalue weighted by Gasteiger charge is -1.95. The zero-order valence-electron chi connectivity index (χ0n) is 10.2. The lowest BCUT2D eigenvalue weighted by molar-refractivity contribution is 0.561. The average Bonchev–Trinajstić information content (AvgIpc) is 2.84. The number of aryl methyl sites for hydroxylation is 2. The summed E-state index contributed by atoms with van der Waals surface area (Å²) in [6, 6.07) is 10.4. The number of oxazole rings is 1. The molecule has 0 spiro atoms. The molecule has 0 unspecified atom stereocenters. The zero-order valence-corrected chi connectivity index (χ0v) is 10.2. The summed E-state index contributed by atoms with van der Waals surface area (Å²) in [4.78, 5) is 7.83. The normalized spacial score (nSPS) is 11.9. The molecule has 3 nitrogen and oxygen atoms in total. The molecule has 18 heavy (non-hydrogen) atoms. The molecule has 0 fully saturated rings. The van der Waals surface area contributed by atoms with Crippen molar-refractivity contribution < 1.29 is 4.42 Å². The summed E-state index contributed by atoms with van der Waals surface area (Å²) < 4.78 is 5.57. The number of hydrogen-bond donors (Lipinski definition) is 1. The maximum Gasteiger partial charge on any atom is 0.192 e. The van der Waals surface area contributed by atoms with Crippen molar-refractivity contribution in [3.63, 3.8) is 0 Å². The van der Waals surface area contributed by atoms with Crippen LogP contribution in [0.25, 0.3) is 32.9 Å². The van der Waals surface area contributed by atoms with E-state index in [0.717, 1.165) is 22.1 Å². The van der Waals surface area contributed by atoms with Gasteiger partial charge in [0.05, 0.1) is 5.52 Å². The highest BCUT2D eigenvalue weighted by Crippen LogP contribution is 2.31. The van der Waals surface area contributed by atoms with Crippen LogP contribution >= 0.6 is 0 Å². The SMILES string of the molecule is Cc1nc2cc3c(cc2o1)[nH]c1cccc(C)c13. The van der Waals surface area contributed by atoms with Crippen LogP contribution in [-0.4, -0.2) is 9.97 Å². The first-order chi connectivity index (χ1) is 8.72. The molecule has 0 amide bonds. The van der Waals surface area contributed by atoms with E-state index in [2.05, 4.69) is 41.2 Å². The van der Waals surface area contributed by atoms with Gasteiger partial charge in [0.2, 0.25) is 0 Å². The summed E-state index contributed by atoms with van der Waals surface area (Å²) >= 11 is 0. The van der Waals surface area contributed by atoms with Crippen molar-refractivity contribution >= 4 is 32.9 Å². The van der Waals surface area contributed by atoms with Crippen molar-refractivity contribution in [2.45, 2.75) is 13.8 Å². The van der Waals surface area contributed by atoms with E-state index in [1.807, 2.05) is 13.0 Å². The first kappa shape index (κ1) is 9.71. The number of rotatable bonds is 0. The zero-order chi connectivity index (χ0) is 12.3. The van der Waals surface area contributed by atoms with Gasteiger partial charge in [0.1, 0.15) is 5.52 Å². The summed E-state index contributed by atoms with van der Waals surface area (Å²) in [6.07, 6.45) is 0. The Balaban J connectivity index is 2.27. The largest absolute Gasteiger partial charge is 0.441 e. The minimum atomic E-state index is 0.707. The van der Waals surface area contributed by atoms with Gasteiger partial charge in [-0.3, -0.25) is 0 Å². The number of aromatic amines is 1. The molecule has 88 valence electrons. The second-order valence-corrected chi connectivity index (χ2v) is 4.72. The van der Waals surface area contributed by atoms with Crippen LogP contribution in [0.3, 0.4) is 0 Å². The third-order valence-electron chi connectivity index (χ3n) is 3.45. The van der Waals surface area contributed by atoms with Crippen LogP contribution in [0.4, 0.5) is 0 Å². The molecule has 4 aromatic rings. The molecule has 0 saturated heterocycles. The second kappa shape index (κ2) is 3.13. The summed E-state index contributed by atoms with van der Waals surface area (Å²) in [7, 11) is 0. The van der Waals surface area contributed by atoms with Crippen molar-refractivity contribution in [1.82, 2.24) is 9.97 Å². The molecular formula is C15H12N2O. The Kier molecular flexibility index (Phi) is 1.69. The summed E-state index contributed by atoms with van der Waals surface area (Å²) in [5.41, 5.74) is 5.30. The van der Waals surface area contributed by atoms with Gasteiger partial charge in [0.25, 0.3) is 0 Å². The number of H-pyrrole nitrogens is 1. The maximum atomic E-state index is 5.57. The topological polar surface area (TPSA) is 41.8 Å². The van der Waals surface area contributed by atoms with Gasteiger partial charge in [-0.15, -0.1) is 0 Å². The predicted octanol–water partition coefficient (Wildman–Crippen LogP) is 4.08. The first-order valence-corrected chi connectivity index (χ1v) is 6.00. The highest BCUT2D eigenvalue weighted by Gasteiger charge is 2.10. The van der Waals surface area contributed by atoms with Crippen LogP contribution in [0.15, 0.2) is 34.7 Å². The molecule has 3 heteroatoms. The molecule has 2 aromatic heterocycles. The lowest BCUT2D eigenvalue weighted by Crippen LogP contribution is -1.74. The standard InChI is InChI=1S/C15H12N2O/c1-8-4-3-5-11-15(8)10-6-13-14(7-12(10)17-11)18-9(2)16-13/h3-7,17H,1-2H3. The average molecular weight is 236 g/mol. The molecule has 0 radical (unpaired) electrons. The number of nitrogens with one attached hydrogen (secondary N) is 1. The van der Waals surface area contributed by atoms with Crippen LogP contribution in [0.1, 0.15) is 11.5 Å². The van der Waals surface area contributed by atoms with Gasteiger partial charge in [-0.25, -0.2) is 4.98 Å². The first-order valence-electron chi connectivity index (χ1n) is 6.00. The molecule has 4 rings (SSSR count). The smallest absolute Gasteiger partial charge is 0.192 e. The number of nitrogens with zero attached hydrogens (tertiary/aromatic N) is 1. The van der Waals surface area contributed by atoms with Gasteiger partial charge in [0.15, 0.2) is 11.5 Å². The van der Waals surface area contributed by atoms with Crippen LogP contribution < -0.4 is 0 Å². The Bertz CT molecular complexity index is 899. The number of aromatic nitrogens is 2. The third kappa shape index (κ3) is 1.16. The van der Waals surface area contributed by atoms with E-state index < -0.39 is 0 Å². The minimum Gasteiger partial charge on any atom is -0.441 e. The molecule has 0 bridgehead atoms. The predicted molar refractivity (Wildman–Crippen MR) is 72.8 cm³/mol. The lowest BCUT2D eigenvalue weighted by atomic mass is 10.1. The van der Waals surface area contributed by atoms with E-state index >= 15 is 0 Å². The molecule has 1 N–H and O–H groups in total. The molecule has 0 aliphatic rings. The fourth-order valence-electron chi connectivity index (χ4n) is 2.67. The summed E-state index contributed by atoms with van der Waals surface area (Å²) in [5, 5.41) is 2.49. The summed E-state index contributed by atoms with van der Waals surface area (Å²) in [6.45, 7) is 4.01. The Morgan fingerprint density at radius 2 is 2.00 bits per heavy atom. The third-order valence-corrected chi connectivity index (χ3v) is 3.45. The molecule has 0 aliphatic carbocycles. The molecule has 2 aromatic carbocycles. The van der Waals surface area contributed by atoms with Crippen molar-refractivity contribution in [2.75, 3.05) is 0 Å². The van der Waals surface area contributed by atoms with E-state index in [4.69, 9.17) is 4.42 Å². The van der Waals surface area contributed by atoms with E-state index in [9.17, 15) is 0 Å². The fourth-order valence-corrected chi connectivity index (χ4v) is 2.67. The van der Waals surface area contributed by atoms with E-state index in [-0.39, 0.29) is 0 Å². The van der Waals surface area contributed by atoms with E-state index in [1.54, 1.807) is 0 Å². The Hall–Kier alpha value is -2.29. The fraction of sp³-hybridized carbons (Fsp3) is 0.133. The van der Waals surface area contributed by atoms with Gasteiger partial charge >= 0.3 is 0 Å². The molecule has 0 aliphatic heterocycles. The molecular weight excluding hydrogens is 224 g/mol. The highest BCUT2D eigenvalue weighted by atomic mass is 16.3. The van der Waals surface area contributed by atoms with Gasteiger partial charge in [-0.1, -0.05) is 12.1 Å². The van der Waals surface area contributed by atoms with Gasteiger partial charge < -0.3 is 9.40 Å². The van der Waals surface area contributed by atoms with Crippen LogP contribution in [0, 0.1) is 13.8 Å². The van der Waals surface area contributed by atoms with E-state index in [1.165, 1.54) is 16.3 Å². The minimum absolute atomic E-state index is 0.707. The number of benzene rings is 2. The second-order valence-electron chi connectivity index (χ2n) is 4.72. The van der Waals surface area contributed by atoms with Crippen LogP contribution in [-0.2, 0) is 0 Å². The van der Waals surface area contributed by atoms with Crippen molar-refractivity contribution in [1.29, 1.82) is 0 Å². The quantitative estimate of drug-likeness (QED) is 0.500. The van der Waals surface area contributed by atoms with Gasteiger partial charge in [-0.05, 0) is 24.6 Å². The van der Waals surface area contributed by atoms with Gasteiger partial charge in [0, 0.05) is 29.3 Å². The monoisotopic (exact) mass is 236 g/mol. The van der Waals surface area contributed by atoms with Crippen LogP contribution in [0.5, 0.6) is 0 Å².